The third-order valence-electron chi connectivity index (χ3n) is 3.54. The van der Waals surface area contributed by atoms with Gasteiger partial charge in [0.1, 0.15) is 5.82 Å². The molecule has 1 saturated heterocycles. The first-order chi connectivity index (χ1) is 8.70. The molecule has 100 valence electrons. The number of benzene rings is 1. The van der Waals surface area contributed by atoms with Gasteiger partial charge in [-0.2, -0.15) is 0 Å². The maximum absolute atomic E-state index is 13.2. The molecule has 1 unspecified atom stereocenters. The largest absolute Gasteiger partial charge is 0.296 e. The van der Waals surface area contributed by atoms with Crippen LogP contribution in [0.4, 0.5) is 4.39 Å². The van der Waals surface area contributed by atoms with Crippen LogP contribution in [0.1, 0.15) is 31.2 Å². The highest BCUT2D eigenvalue weighted by atomic mass is 79.9. The first kappa shape index (κ1) is 14.3. The third-order valence-corrected chi connectivity index (χ3v) is 4.41. The molecule has 0 bridgehead atoms. The molecule has 1 atom stereocenters. The normalized spacial score (nSPS) is 20.5. The van der Waals surface area contributed by atoms with Crippen LogP contribution >= 0.6 is 27.5 Å². The number of nitrogens with zero attached hydrogens (tertiary/aromatic N) is 1. The van der Waals surface area contributed by atoms with Gasteiger partial charge in [0.25, 0.3) is 0 Å². The van der Waals surface area contributed by atoms with Crippen LogP contribution in [0.15, 0.2) is 22.7 Å². The molecule has 2 rings (SSSR count). The van der Waals surface area contributed by atoms with Gasteiger partial charge in [0, 0.05) is 18.5 Å². The van der Waals surface area contributed by atoms with E-state index in [-0.39, 0.29) is 5.82 Å². The smallest absolute Gasteiger partial charge is 0.137 e. The number of hydrogen-bond donors (Lipinski definition) is 0. The number of hydrogen-bond acceptors (Lipinski definition) is 1. The number of alkyl halides is 1. The maximum atomic E-state index is 13.2. The first-order valence-corrected chi connectivity index (χ1v) is 7.77. The summed E-state index contributed by atoms with van der Waals surface area (Å²) in [5, 5.41) is 0. The Morgan fingerprint density at radius 3 is 3.00 bits per heavy atom. The predicted molar refractivity (Wildman–Crippen MR) is 77.5 cm³/mol. The van der Waals surface area contributed by atoms with Gasteiger partial charge in [-0.1, -0.05) is 6.07 Å². The van der Waals surface area contributed by atoms with Crippen molar-refractivity contribution in [3.8, 4) is 0 Å². The lowest BCUT2D eigenvalue weighted by molar-refractivity contribution is 0.233. The van der Waals surface area contributed by atoms with E-state index < -0.39 is 0 Å². The Morgan fingerprint density at radius 2 is 2.28 bits per heavy atom. The third kappa shape index (κ3) is 3.69. The predicted octanol–water partition coefficient (Wildman–Crippen LogP) is 4.57. The van der Waals surface area contributed by atoms with E-state index >= 15 is 0 Å². The molecule has 0 saturated carbocycles. The van der Waals surface area contributed by atoms with Crippen molar-refractivity contribution in [2.75, 3.05) is 12.4 Å². The fourth-order valence-electron chi connectivity index (χ4n) is 2.62. The summed E-state index contributed by atoms with van der Waals surface area (Å²) < 4.78 is 13.7. The van der Waals surface area contributed by atoms with Crippen molar-refractivity contribution in [1.29, 1.82) is 0 Å². The summed E-state index contributed by atoms with van der Waals surface area (Å²) in [5.74, 6) is 0.547. The lowest BCUT2D eigenvalue weighted by atomic mass is 10.1. The molecule has 1 aromatic carbocycles. The second kappa shape index (κ2) is 6.88. The number of halogens is 3. The maximum Gasteiger partial charge on any atom is 0.137 e. The lowest BCUT2D eigenvalue weighted by Gasteiger charge is -2.24. The highest BCUT2D eigenvalue weighted by Gasteiger charge is 2.23. The molecular formula is C14H18BrClFN. The first-order valence-electron chi connectivity index (χ1n) is 6.44. The average Bonchev–Trinajstić information content (AvgIpc) is 2.79. The van der Waals surface area contributed by atoms with E-state index in [1.165, 1.54) is 30.9 Å². The monoisotopic (exact) mass is 333 g/mol. The Bertz CT molecular complexity index is 399. The van der Waals surface area contributed by atoms with Gasteiger partial charge >= 0.3 is 0 Å². The molecule has 1 aromatic rings. The standard InChI is InChI=1S/C14H18BrClFN/c15-13-9-11(5-6-14(13)17)10-18-8-2-4-12(18)3-1-7-16/h5-6,9,12H,1-4,7-8,10H2. The van der Waals surface area contributed by atoms with E-state index in [1.807, 2.05) is 12.1 Å². The van der Waals surface area contributed by atoms with Crippen molar-refractivity contribution in [2.45, 2.75) is 38.3 Å². The van der Waals surface area contributed by atoms with Crippen LogP contribution in [0.5, 0.6) is 0 Å². The van der Waals surface area contributed by atoms with Crippen molar-refractivity contribution >= 4 is 27.5 Å². The van der Waals surface area contributed by atoms with Crippen LogP contribution < -0.4 is 0 Å². The molecule has 1 aliphatic rings. The van der Waals surface area contributed by atoms with Gasteiger partial charge in [-0.25, -0.2) is 4.39 Å². The molecular weight excluding hydrogens is 317 g/mol. The number of rotatable bonds is 5. The molecule has 0 aromatic heterocycles. The molecule has 1 nitrogen and oxygen atoms in total. The van der Waals surface area contributed by atoms with Crippen molar-refractivity contribution in [1.82, 2.24) is 4.90 Å². The molecule has 0 spiro atoms. The van der Waals surface area contributed by atoms with Crippen LogP contribution in [-0.2, 0) is 6.54 Å². The van der Waals surface area contributed by atoms with Gasteiger partial charge in [-0.3, -0.25) is 4.90 Å². The van der Waals surface area contributed by atoms with Gasteiger partial charge in [0.05, 0.1) is 4.47 Å². The zero-order chi connectivity index (χ0) is 13.0. The fraction of sp³-hybridized carbons (Fsp3) is 0.571. The van der Waals surface area contributed by atoms with Crippen molar-refractivity contribution in [3.05, 3.63) is 34.1 Å². The van der Waals surface area contributed by atoms with Gasteiger partial charge in [0.2, 0.25) is 0 Å². The molecule has 1 aliphatic heterocycles. The van der Waals surface area contributed by atoms with Crippen LogP contribution in [0.2, 0.25) is 0 Å². The van der Waals surface area contributed by atoms with Crippen LogP contribution in [0.3, 0.4) is 0 Å². The SMILES string of the molecule is Fc1ccc(CN2CCCC2CCCCl)cc1Br. The lowest BCUT2D eigenvalue weighted by Crippen LogP contribution is -2.28. The Balaban J connectivity index is 1.96. The van der Waals surface area contributed by atoms with Crippen molar-refractivity contribution in [2.24, 2.45) is 0 Å². The minimum Gasteiger partial charge on any atom is -0.296 e. The van der Waals surface area contributed by atoms with E-state index in [0.29, 0.717) is 10.5 Å². The Hall–Kier alpha value is -0.120. The highest BCUT2D eigenvalue weighted by Crippen LogP contribution is 2.25. The summed E-state index contributed by atoms with van der Waals surface area (Å²) in [6.45, 7) is 2.05. The zero-order valence-corrected chi connectivity index (χ0v) is 12.7. The summed E-state index contributed by atoms with van der Waals surface area (Å²) >= 11 is 9.00. The van der Waals surface area contributed by atoms with E-state index in [1.54, 1.807) is 0 Å². The Kier molecular flexibility index (Phi) is 5.46. The van der Waals surface area contributed by atoms with E-state index in [2.05, 4.69) is 20.8 Å². The van der Waals surface area contributed by atoms with Crippen molar-refractivity contribution in [3.63, 3.8) is 0 Å². The minimum atomic E-state index is -0.195. The van der Waals surface area contributed by atoms with Gasteiger partial charge in [-0.15, -0.1) is 11.6 Å². The molecule has 1 fully saturated rings. The van der Waals surface area contributed by atoms with Gasteiger partial charge in [0.15, 0.2) is 0 Å². The van der Waals surface area contributed by atoms with Gasteiger partial charge < -0.3 is 0 Å². The van der Waals surface area contributed by atoms with Gasteiger partial charge in [-0.05, 0) is 65.9 Å². The molecule has 18 heavy (non-hydrogen) atoms. The minimum absolute atomic E-state index is 0.195. The van der Waals surface area contributed by atoms with Crippen LogP contribution in [0.25, 0.3) is 0 Å². The molecule has 1 heterocycles. The molecule has 0 amide bonds. The highest BCUT2D eigenvalue weighted by molar-refractivity contribution is 9.10. The molecule has 0 N–H and O–H groups in total. The van der Waals surface area contributed by atoms with Crippen LogP contribution in [-0.4, -0.2) is 23.4 Å². The summed E-state index contributed by atoms with van der Waals surface area (Å²) in [5.41, 5.74) is 1.17. The fourth-order valence-corrected chi connectivity index (χ4v) is 3.20. The summed E-state index contributed by atoms with van der Waals surface area (Å²) in [6, 6.07) is 5.93. The van der Waals surface area contributed by atoms with E-state index in [9.17, 15) is 4.39 Å². The Labute approximate surface area is 121 Å². The molecule has 0 aliphatic carbocycles. The van der Waals surface area contributed by atoms with E-state index in [4.69, 9.17) is 11.6 Å². The van der Waals surface area contributed by atoms with E-state index in [0.717, 1.165) is 25.4 Å². The average molecular weight is 335 g/mol. The van der Waals surface area contributed by atoms with Crippen molar-refractivity contribution < 1.29 is 4.39 Å². The summed E-state index contributed by atoms with van der Waals surface area (Å²) in [7, 11) is 0. The zero-order valence-electron chi connectivity index (χ0n) is 10.3. The topological polar surface area (TPSA) is 3.24 Å². The summed E-state index contributed by atoms with van der Waals surface area (Å²) in [6.07, 6.45) is 4.77. The molecule has 0 radical (unpaired) electrons. The number of likely N-dealkylation sites (tertiary alicyclic amines) is 1. The molecule has 4 heteroatoms. The second-order valence-corrected chi connectivity index (χ2v) is 6.08. The summed E-state index contributed by atoms with van der Waals surface area (Å²) in [4.78, 5) is 2.49. The Morgan fingerprint density at radius 1 is 1.44 bits per heavy atom. The quantitative estimate of drug-likeness (QED) is 0.713. The second-order valence-electron chi connectivity index (χ2n) is 4.85. The van der Waals surface area contributed by atoms with Crippen LogP contribution in [0, 0.1) is 5.82 Å².